The Morgan fingerprint density at radius 1 is 1.35 bits per heavy atom. The first-order valence-corrected chi connectivity index (χ1v) is 9.36. The highest BCUT2D eigenvalue weighted by Gasteiger charge is 2.16. The van der Waals surface area contributed by atoms with E-state index in [-0.39, 0.29) is 11.8 Å². The number of nitrogens with one attached hydrogen (secondary N) is 2. The van der Waals surface area contributed by atoms with Gasteiger partial charge in [-0.3, -0.25) is 9.89 Å². The molecule has 0 fully saturated rings. The zero-order valence-corrected chi connectivity index (χ0v) is 15.5. The Kier molecular flexibility index (Phi) is 5.85. The van der Waals surface area contributed by atoms with Crippen LogP contribution in [0.4, 0.5) is 5.69 Å². The summed E-state index contributed by atoms with van der Waals surface area (Å²) < 4.78 is 0. The summed E-state index contributed by atoms with van der Waals surface area (Å²) >= 11 is 1.58. The third-order valence-corrected chi connectivity index (χ3v) is 4.86. The Hall–Kier alpha value is -2.45. The smallest absolute Gasteiger partial charge is 0.253 e. The van der Waals surface area contributed by atoms with Crippen molar-refractivity contribution in [3.05, 3.63) is 42.4 Å². The number of hydrogen-bond acceptors (Lipinski definition) is 6. The minimum absolute atomic E-state index is 0.256. The maximum absolute atomic E-state index is 12.1. The number of aromatic nitrogens is 4. The van der Waals surface area contributed by atoms with Gasteiger partial charge in [-0.2, -0.15) is 5.10 Å². The van der Waals surface area contributed by atoms with Crippen molar-refractivity contribution in [3.63, 3.8) is 0 Å². The summed E-state index contributed by atoms with van der Waals surface area (Å²) in [5.74, 6) is 0.570. The Balaban J connectivity index is 1.64. The van der Waals surface area contributed by atoms with Gasteiger partial charge < -0.3 is 10.4 Å². The fraction of sp³-hybridized carbons (Fsp3) is 0.333. The predicted octanol–water partition coefficient (Wildman–Crippen LogP) is 2.99. The summed E-state index contributed by atoms with van der Waals surface area (Å²) in [6.07, 6.45) is 2.67. The van der Waals surface area contributed by atoms with Crippen LogP contribution < -0.4 is 5.32 Å². The van der Waals surface area contributed by atoms with Gasteiger partial charge in [-0.25, -0.2) is 9.97 Å². The van der Waals surface area contributed by atoms with E-state index in [9.17, 15) is 9.90 Å². The molecule has 3 aromatic rings. The van der Waals surface area contributed by atoms with Gasteiger partial charge >= 0.3 is 0 Å². The number of aliphatic hydroxyl groups excluding tert-OH is 1. The van der Waals surface area contributed by atoms with E-state index in [1.165, 1.54) is 6.33 Å². The van der Waals surface area contributed by atoms with E-state index < -0.39 is 6.10 Å². The molecule has 0 aliphatic heterocycles. The minimum atomic E-state index is -0.997. The van der Waals surface area contributed by atoms with Crippen molar-refractivity contribution in [2.45, 2.75) is 37.2 Å². The number of carbonyl (C=O) groups is 1. The Bertz CT molecular complexity index is 896. The second-order valence-corrected chi connectivity index (χ2v) is 7.40. The first-order chi connectivity index (χ1) is 12.5. The third-order valence-electron chi connectivity index (χ3n) is 3.78. The van der Waals surface area contributed by atoms with Crippen LogP contribution in [0.2, 0.25) is 0 Å². The molecule has 3 N–H and O–H groups in total. The Labute approximate surface area is 155 Å². The van der Waals surface area contributed by atoms with Crippen molar-refractivity contribution < 1.29 is 9.90 Å². The van der Waals surface area contributed by atoms with E-state index >= 15 is 0 Å². The molecular formula is C18H21N5O2S. The van der Waals surface area contributed by atoms with Gasteiger partial charge in [0.05, 0.1) is 11.6 Å². The number of rotatable bonds is 7. The van der Waals surface area contributed by atoms with Crippen molar-refractivity contribution in [2.24, 2.45) is 5.92 Å². The number of nitrogens with zero attached hydrogens (tertiary/aromatic N) is 3. The van der Waals surface area contributed by atoms with E-state index in [1.807, 2.05) is 38.1 Å². The van der Waals surface area contributed by atoms with E-state index in [2.05, 4.69) is 25.5 Å². The lowest BCUT2D eigenvalue weighted by Gasteiger charge is -2.13. The molecule has 2 heterocycles. The van der Waals surface area contributed by atoms with E-state index in [4.69, 9.17) is 0 Å². The monoisotopic (exact) mass is 371 g/mol. The molecule has 1 aromatic carbocycles. The number of aromatic amines is 1. The minimum Gasteiger partial charge on any atom is -0.383 e. The molecule has 0 saturated carbocycles. The molecule has 0 aliphatic carbocycles. The molecule has 136 valence electrons. The summed E-state index contributed by atoms with van der Waals surface area (Å²) in [5.41, 5.74) is 2.43. The second-order valence-electron chi connectivity index (χ2n) is 6.43. The predicted molar refractivity (Wildman–Crippen MR) is 102 cm³/mol. The molecule has 26 heavy (non-hydrogen) atoms. The van der Waals surface area contributed by atoms with Crippen LogP contribution in [0.3, 0.4) is 0 Å². The van der Waals surface area contributed by atoms with E-state index in [0.717, 1.165) is 16.0 Å². The van der Waals surface area contributed by atoms with Crippen LogP contribution in [0.5, 0.6) is 0 Å². The summed E-state index contributed by atoms with van der Waals surface area (Å²) in [6, 6.07) is 7.59. The average Bonchev–Trinajstić information content (AvgIpc) is 3.09. The van der Waals surface area contributed by atoms with Crippen molar-refractivity contribution in [1.29, 1.82) is 0 Å². The normalized spacial score (nSPS) is 12.5. The summed E-state index contributed by atoms with van der Waals surface area (Å²) in [6.45, 7) is 3.94. The number of fused-ring (bicyclic) bond motifs is 1. The maximum Gasteiger partial charge on any atom is 0.253 e. The number of anilines is 1. The van der Waals surface area contributed by atoms with Crippen LogP contribution >= 0.6 is 11.8 Å². The molecule has 1 amide bonds. The van der Waals surface area contributed by atoms with Gasteiger partial charge in [0.1, 0.15) is 17.5 Å². The Morgan fingerprint density at radius 2 is 2.19 bits per heavy atom. The lowest BCUT2D eigenvalue weighted by Crippen LogP contribution is -2.28. The largest absolute Gasteiger partial charge is 0.383 e. The number of carbonyl (C=O) groups excluding carboxylic acids is 1. The molecule has 0 aliphatic rings. The summed E-state index contributed by atoms with van der Waals surface area (Å²) in [4.78, 5) is 20.5. The van der Waals surface area contributed by atoms with Gasteiger partial charge in [0.25, 0.3) is 5.91 Å². The molecule has 2 aromatic heterocycles. The van der Waals surface area contributed by atoms with E-state index in [1.54, 1.807) is 18.0 Å². The van der Waals surface area contributed by atoms with Crippen LogP contribution in [0, 0.1) is 5.92 Å². The molecule has 0 bridgehead atoms. The van der Waals surface area contributed by atoms with Crippen LogP contribution in [0.15, 0.2) is 41.8 Å². The lowest BCUT2D eigenvalue weighted by atomic mass is 10.1. The van der Waals surface area contributed by atoms with Gasteiger partial charge in [0, 0.05) is 11.4 Å². The molecule has 7 nitrogen and oxygen atoms in total. The number of amides is 1. The highest BCUT2D eigenvalue weighted by Crippen LogP contribution is 2.27. The molecule has 0 spiro atoms. The number of benzene rings is 1. The summed E-state index contributed by atoms with van der Waals surface area (Å²) in [7, 11) is 0. The van der Waals surface area contributed by atoms with Gasteiger partial charge in [-0.05, 0) is 30.0 Å². The number of hydrogen-bond donors (Lipinski definition) is 3. The van der Waals surface area contributed by atoms with Crippen molar-refractivity contribution in [1.82, 2.24) is 20.2 Å². The quantitative estimate of drug-likeness (QED) is 0.436. The number of thioether (sulfide) groups is 1. The molecule has 1 atom stereocenters. The van der Waals surface area contributed by atoms with Gasteiger partial charge in [-0.15, -0.1) is 11.8 Å². The van der Waals surface area contributed by atoms with Crippen molar-refractivity contribution in [3.8, 4) is 0 Å². The molecule has 3 rings (SSSR count). The third kappa shape index (κ3) is 4.59. The van der Waals surface area contributed by atoms with Crippen molar-refractivity contribution >= 4 is 34.4 Å². The van der Waals surface area contributed by atoms with Crippen LogP contribution in [-0.4, -0.2) is 37.3 Å². The highest BCUT2D eigenvalue weighted by molar-refractivity contribution is 7.98. The number of H-pyrrole nitrogens is 1. The van der Waals surface area contributed by atoms with Crippen LogP contribution in [0.1, 0.15) is 25.8 Å². The number of aliphatic hydroxyl groups is 1. The fourth-order valence-electron chi connectivity index (χ4n) is 2.53. The van der Waals surface area contributed by atoms with Gasteiger partial charge in [0.2, 0.25) is 0 Å². The molecule has 8 heteroatoms. The topological polar surface area (TPSA) is 104 Å². The molecule has 0 radical (unpaired) electrons. The zero-order chi connectivity index (χ0) is 18.5. The lowest BCUT2D eigenvalue weighted by molar-refractivity contribution is -0.124. The SMILES string of the molecule is CC(C)CC(O)C(=O)Nc1cccc(CSc2ncnc3[nH]ncc23)c1. The van der Waals surface area contributed by atoms with E-state index in [0.29, 0.717) is 23.5 Å². The zero-order valence-electron chi connectivity index (χ0n) is 14.6. The average molecular weight is 371 g/mol. The fourth-order valence-corrected chi connectivity index (χ4v) is 3.44. The van der Waals surface area contributed by atoms with Gasteiger partial charge in [0.15, 0.2) is 5.65 Å². The van der Waals surface area contributed by atoms with Gasteiger partial charge in [-0.1, -0.05) is 26.0 Å². The first kappa shape index (κ1) is 18.3. The summed E-state index contributed by atoms with van der Waals surface area (Å²) in [5, 5.41) is 21.2. The standard InChI is InChI=1S/C18H21N5O2S/c1-11(2)6-15(24)17(25)22-13-5-3-4-12(7-13)9-26-18-14-8-21-23-16(14)19-10-20-18/h3-5,7-8,10-11,15,24H,6,9H2,1-2H3,(H,22,25)(H,19,20,21,23). The second kappa shape index (κ2) is 8.29. The van der Waals surface area contributed by atoms with Crippen molar-refractivity contribution in [2.75, 3.05) is 5.32 Å². The highest BCUT2D eigenvalue weighted by atomic mass is 32.2. The first-order valence-electron chi connectivity index (χ1n) is 8.37. The molecule has 1 unspecified atom stereocenters. The molecule has 0 saturated heterocycles. The maximum atomic E-state index is 12.1. The van der Waals surface area contributed by atoms with Crippen LogP contribution in [-0.2, 0) is 10.5 Å². The Morgan fingerprint density at radius 3 is 3.00 bits per heavy atom. The van der Waals surface area contributed by atoms with Crippen LogP contribution in [0.25, 0.3) is 11.0 Å². The molecular weight excluding hydrogens is 350 g/mol.